The van der Waals surface area contributed by atoms with Crippen LogP contribution in [0.3, 0.4) is 0 Å². The molecule has 2 N–H and O–H groups in total. The zero-order valence-electron chi connectivity index (χ0n) is 36.8. The van der Waals surface area contributed by atoms with Crippen molar-refractivity contribution in [1.29, 1.82) is 0 Å². The summed E-state index contributed by atoms with van der Waals surface area (Å²) in [6.07, 6.45) is 6.02. The lowest BCUT2D eigenvalue weighted by atomic mass is 9.78. The SMILES string of the molecule is CC(C)(C)c1cc(CCCNCCc2ccccc2)cc(C(C)(C)C)c1OS(=O)Oc1c(C(C)(C)C)cc(CCCNCCc2ccccc2)cc1C(C)(C)C. The van der Waals surface area contributed by atoms with Gasteiger partial charge in [-0.2, -0.15) is 4.21 Å². The monoisotopic (exact) mass is 781 g/mol. The third-order valence-corrected chi connectivity index (χ3v) is 10.9. The fraction of sp³-hybridized carbons (Fsp3) is 0.520. The molecule has 0 aliphatic rings. The molecule has 0 bridgehead atoms. The third-order valence-electron chi connectivity index (χ3n) is 10.3. The average molecular weight is 781 g/mol. The summed E-state index contributed by atoms with van der Waals surface area (Å²) in [5.41, 5.74) is 8.50. The number of rotatable bonds is 18. The van der Waals surface area contributed by atoms with E-state index in [4.69, 9.17) is 8.37 Å². The summed E-state index contributed by atoms with van der Waals surface area (Å²) >= 11 is -2.09. The molecule has 0 spiro atoms. The van der Waals surface area contributed by atoms with E-state index in [0.717, 1.165) is 87.0 Å². The standard InChI is InChI=1S/C50H72N2O3S/c1-47(2,3)41-33-39(25-19-29-51-31-27-37-21-15-13-16-22-37)34-42(48(4,5)6)45(41)54-56(53)55-46-43(49(7,8)9)35-40(36-44(46)50(10,11)12)26-20-30-52-32-28-38-23-17-14-18-24-38/h13-18,21-24,33-36,51-52H,19-20,25-32H2,1-12H3. The van der Waals surface area contributed by atoms with Crippen molar-refractivity contribution in [1.82, 2.24) is 10.6 Å². The minimum atomic E-state index is -2.09. The summed E-state index contributed by atoms with van der Waals surface area (Å²) < 4.78 is 27.3. The molecule has 0 aromatic heterocycles. The van der Waals surface area contributed by atoms with Crippen LogP contribution in [0.2, 0.25) is 0 Å². The van der Waals surface area contributed by atoms with Crippen LogP contribution in [0.15, 0.2) is 84.9 Å². The van der Waals surface area contributed by atoms with Crippen LogP contribution in [0, 0.1) is 0 Å². The van der Waals surface area contributed by atoms with Crippen LogP contribution in [0.25, 0.3) is 0 Å². The molecule has 4 rings (SSSR count). The smallest absolute Gasteiger partial charge is 0.371 e. The molecule has 4 aromatic rings. The Balaban J connectivity index is 1.53. The molecule has 5 nitrogen and oxygen atoms in total. The van der Waals surface area contributed by atoms with E-state index in [0.29, 0.717) is 11.5 Å². The van der Waals surface area contributed by atoms with Gasteiger partial charge in [-0.3, -0.25) is 0 Å². The Bertz CT molecular complexity index is 1640. The van der Waals surface area contributed by atoms with Crippen molar-refractivity contribution in [3.8, 4) is 11.5 Å². The van der Waals surface area contributed by atoms with Crippen LogP contribution < -0.4 is 19.0 Å². The molecular formula is C50H72N2O3S. The van der Waals surface area contributed by atoms with Crippen molar-refractivity contribution in [3.63, 3.8) is 0 Å². The Morgan fingerprint density at radius 1 is 0.429 bits per heavy atom. The second kappa shape index (κ2) is 19.8. The van der Waals surface area contributed by atoms with Crippen LogP contribution in [0.4, 0.5) is 0 Å². The Hall–Kier alpha value is -3.45. The van der Waals surface area contributed by atoms with Crippen molar-refractivity contribution < 1.29 is 12.6 Å². The van der Waals surface area contributed by atoms with E-state index in [1.807, 2.05) is 0 Å². The molecule has 0 radical (unpaired) electrons. The zero-order valence-corrected chi connectivity index (χ0v) is 37.6. The average Bonchev–Trinajstić information content (AvgIpc) is 3.11. The second-order valence-electron chi connectivity index (χ2n) is 19.6. The summed E-state index contributed by atoms with van der Waals surface area (Å²) in [5, 5.41) is 7.25. The maximum Gasteiger partial charge on any atom is 0.417 e. The lowest BCUT2D eigenvalue weighted by Crippen LogP contribution is -2.25. The van der Waals surface area contributed by atoms with Gasteiger partial charge in [-0.15, -0.1) is 0 Å². The normalized spacial score (nSPS) is 12.7. The highest BCUT2D eigenvalue weighted by Crippen LogP contribution is 2.44. The Labute approximate surface area is 343 Å². The molecular weight excluding hydrogens is 709 g/mol. The van der Waals surface area contributed by atoms with Gasteiger partial charge in [-0.05, 0) is 109 Å². The molecule has 0 atom stereocenters. The van der Waals surface area contributed by atoms with E-state index in [-0.39, 0.29) is 21.7 Å². The minimum Gasteiger partial charge on any atom is -0.371 e. The zero-order chi connectivity index (χ0) is 41.1. The molecule has 0 heterocycles. The molecule has 0 fully saturated rings. The lowest BCUT2D eigenvalue weighted by Gasteiger charge is -2.31. The molecule has 56 heavy (non-hydrogen) atoms. The fourth-order valence-corrected chi connectivity index (χ4v) is 7.73. The first kappa shape index (κ1) is 45.3. The summed E-state index contributed by atoms with van der Waals surface area (Å²) in [6, 6.07) is 30.3. The lowest BCUT2D eigenvalue weighted by molar-refractivity contribution is 0.422. The van der Waals surface area contributed by atoms with Crippen LogP contribution in [-0.2, 0) is 58.7 Å². The van der Waals surface area contributed by atoms with E-state index in [1.54, 1.807) is 0 Å². The maximum atomic E-state index is 14.3. The number of hydrogen-bond donors (Lipinski definition) is 2. The summed E-state index contributed by atoms with van der Waals surface area (Å²) in [5.74, 6) is 1.33. The van der Waals surface area contributed by atoms with Gasteiger partial charge in [-0.25, -0.2) is 0 Å². The second-order valence-corrected chi connectivity index (χ2v) is 20.3. The van der Waals surface area contributed by atoms with Crippen molar-refractivity contribution in [2.24, 2.45) is 0 Å². The molecule has 0 saturated carbocycles. The summed E-state index contributed by atoms with van der Waals surface area (Å²) in [6.45, 7) is 30.3. The van der Waals surface area contributed by atoms with Crippen molar-refractivity contribution in [3.05, 3.63) is 129 Å². The highest BCUT2D eigenvalue weighted by molar-refractivity contribution is 7.76. The fourth-order valence-electron chi connectivity index (χ4n) is 7.07. The Kier molecular flexibility index (Phi) is 16.0. The van der Waals surface area contributed by atoms with Gasteiger partial charge in [0.15, 0.2) is 11.5 Å². The molecule has 306 valence electrons. The van der Waals surface area contributed by atoms with Crippen molar-refractivity contribution in [2.75, 3.05) is 26.2 Å². The number of nitrogens with one attached hydrogen (secondary N) is 2. The molecule has 0 saturated heterocycles. The van der Waals surface area contributed by atoms with Gasteiger partial charge in [0.2, 0.25) is 0 Å². The first-order valence-corrected chi connectivity index (χ1v) is 21.9. The molecule has 0 aliphatic carbocycles. The van der Waals surface area contributed by atoms with Gasteiger partial charge in [0.25, 0.3) is 0 Å². The quantitative estimate of drug-likeness (QED) is 0.0985. The Morgan fingerprint density at radius 3 is 1.02 bits per heavy atom. The topological polar surface area (TPSA) is 59.6 Å². The van der Waals surface area contributed by atoms with Gasteiger partial charge in [0, 0.05) is 22.3 Å². The van der Waals surface area contributed by atoms with Crippen molar-refractivity contribution in [2.45, 2.75) is 143 Å². The van der Waals surface area contributed by atoms with E-state index in [1.165, 1.54) is 22.3 Å². The molecule has 0 amide bonds. The largest absolute Gasteiger partial charge is 0.417 e. The van der Waals surface area contributed by atoms with E-state index in [9.17, 15) is 4.21 Å². The van der Waals surface area contributed by atoms with Gasteiger partial charge in [0.1, 0.15) is 0 Å². The van der Waals surface area contributed by atoms with E-state index >= 15 is 0 Å². The van der Waals surface area contributed by atoms with E-state index < -0.39 is 11.4 Å². The number of benzene rings is 4. The predicted molar refractivity (Wildman–Crippen MR) is 240 cm³/mol. The summed E-state index contributed by atoms with van der Waals surface area (Å²) in [4.78, 5) is 0. The molecule has 6 heteroatoms. The van der Waals surface area contributed by atoms with Gasteiger partial charge < -0.3 is 19.0 Å². The minimum absolute atomic E-state index is 0.241. The van der Waals surface area contributed by atoms with Gasteiger partial charge in [-0.1, -0.05) is 168 Å². The first-order valence-electron chi connectivity index (χ1n) is 20.9. The van der Waals surface area contributed by atoms with Crippen LogP contribution >= 0.6 is 0 Å². The predicted octanol–water partition coefficient (Wildman–Crippen LogP) is 11.4. The van der Waals surface area contributed by atoms with Crippen LogP contribution in [0.5, 0.6) is 11.5 Å². The van der Waals surface area contributed by atoms with Gasteiger partial charge in [0.05, 0.1) is 0 Å². The molecule has 4 aromatic carbocycles. The van der Waals surface area contributed by atoms with Crippen molar-refractivity contribution >= 4 is 11.4 Å². The van der Waals surface area contributed by atoms with Gasteiger partial charge >= 0.3 is 11.4 Å². The maximum absolute atomic E-state index is 14.3. The van der Waals surface area contributed by atoms with Crippen LogP contribution in [-0.4, -0.2) is 30.4 Å². The highest BCUT2D eigenvalue weighted by Gasteiger charge is 2.32. The number of hydrogen-bond acceptors (Lipinski definition) is 5. The molecule has 0 unspecified atom stereocenters. The summed E-state index contributed by atoms with van der Waals surface area (Å²) in [7, 11) is 0. The molecule has 0 aliphatic heterocycles. The van der Waals surface area contributed by atoms with E-state index in [2.05, 4.69) is 179 Å². The first-order chi connectivity index (χ1) is 26.2. The highest BCUT2D eigenvalue weighted by atomic mass is 32.2. The Morgan fingerprint density at radius 2 is 0.732 bits per heavy atom. The third kappa shape index (κ3) is 13.9. The number of aryl methyl sites for hydroxylation is 2. The van der Waals surface area contributed by atoms with Crippen LogP contribution in [0.1, 0.15) is 140 Å².